The molecule has 0 aromatic heterocycles. The number of hydrogen-bond donors (Lipinski definition) is 4. The summed E-state index contributed by atoms with van der Waals surface area (Å²) in [5, 5.41) is 23.0. The Hall–Kier alpha value is -1.66. The number of hydrogen-bond acceptors (Lipinski definition) is 4. The third-order valence-electron chi connectivity index (χ3n) is 2.53. The van der Waals surface area contributed by atoms with Gasteiger partial charge in [-0.2, -0.15) is 0 Å². The maximum atomic E-state index is 10.8. The molecule has 122 valence electrons. The molecule has 4 N–H and O–H groups in total. The summed E-state index contributed by atoms with van der Waals surface area (Å²) in [5.74, 6) is -0.440. The van der Waals surface area contributed by atoms with Crippen LogP contribution in [0.2, 0.25) is 0 Å². The van der Waals surface area contributed by atoms with Gasteiger partial charge in [-0.15, -0.1) is 0 Å². The Morgan fingerprint density at radius 1 is 1.10 bits per heavy atom. The van der Waals surface area contributed by atoms with Crippen molar-refractivity contribution in [3.05, 3.63) is 24.8 Å². The first-order valence-corrected chi connectivity index (χ1v) is 6.98. The zero-order valence-corrected chi connectivity index (χ0v) is 13.2. The van der Waals surface area contributed by atoms with Crippen molar-refractivity contribution < 1.29 is 19.8 Å². The molecule has 0 aliphatic carbocycles. The molecule has 0 radical (unpaired) electrons. The molecule has 2 amide bonds. The molecule has 21 heavy (non-hydrogen) atoms. The van der Waals surface area contributed by atoms with Gasteiger partial charge in [0.25, 0.3) is 0 Å². The molecule has 0 aromatic carbocycles. The average molecular weight is 300 g/mol. The highest BCUT2D eigenvalue weighted by molar-refractivity contribution is 5.92. The number of rotatable bonds is 8. The Balaban J connectivity index is 0. The van der Waals surface area contributed by atoms with Crippen molar-refractivity contribution in [2.75, 3.05) is 13.1 Å². The summed E-state index contributed by atoms with van der Waals surface area (Å²) in [7, 11) is 0. The van der Waals surface area contributed by atoms with Crippen LogP contribution in [0.1, 0.15) is 33.6 Å². The van der Waals surface area contributed by atoms with E-state index in [1.54, 1.807) is 6.92 Å². The van der Waals surface area contributed by atoms with Gasteiger partial charge in [-0.25, -0.2) is 0 Å². The van der Waals surface area contributed by atoms with Crippen molar-refractivity contribution in [1.29, 1.82) is 0 Å². The number of aliphatic hydroxyl groups is 2. The summed E-state index contributed by atoms with van der Waals surface area (Å²) in [4.78, 5) is 21.3. The zero-order valence-electron chi connectivity index (χ0n) is 13.2. The minimum atomic E-state index is -0.446. The Morgan fingerprint density at radius 3 is 1.86 bits per heavy atom. The van der Waals surface area contributed by atoms with Gasteiger partial charge in [0.15, 0.2) is 0 Å². The lowest BCUT2D eigenvalue weighted by Crippen LogP contribution is -2.31. The average Bonchev–Trinajstić information content (AvgIpc) is 2.49. The number of carbonyl (C=O) groups is 2. The lowest BCUT2D eigenvalue weighted by Gasteiger charge is -2.08. The highest BCUT2D eigenvalue weighted by Gasteiger charge is 2.04. The van der Waals surface area contributed by atoms with Crippen molar-refractivity contribution in [3.63, 3.8) is 0 Å². The Bertz CT molecular complexity index is 343. The quantitative estimate of drug-likeness (QED) is 0.491. The van der Waals surface area contributed by atoms with Gasteiger partial charge in [0, 0.05) is 18.7 Å². The molecule has 0 bridgehead atoms. The van der Waals surface area contributed by atoms with Crippen LogP contribution >= 0.6 is 0 Å². The van der Waals surface area contributed by atoms with Gasteiger partial charge in [0.05, 0.1) is 12.2 Å². The maximum Gasteiger partial charge on any atom is 0.246 e. The largest absolute Gasteiger partial charge is 0.391 e. The molecule has 0 fully saturated rings. The molecule has 0 aliphatic rings. The fourth-order valence-corrected chi connectivity index (χ4v) is 0.941. The molecule has 6 heteroatoms. The summed E-state index contributed by atoms with van der Waals surface area (Å²) in [6.45, 7) is 12.7. The van der Waals surface area contributed by atoms with E-state index in [9.17, 15) is 9.59 Å². The third-order valence-corrected chi connectivity index (χ3v) is 2.53. The molecule has 0 aliphatic heterocycles. The SMILES string of the molecule is C=C(C)C(=O)NCC(O)CC.C=CC(=O)NCC(O)CC. The Labute approximate surface area is 126 Å². The van der Waals surface area contributed by atoms with Crippen LogP contribution in [0.4, 0.5) is 0 Å². The van der Waals surface area contributed by atoms with E-state index < -0.39 is 12.2 Å². The summed E-state index contributed by atoms with van der Waals surface area (Å²) in [6, 6.07) is 0. The Kier molecular flexibility index (Phi) is 13.7. The second kappa shape index (κ2) is 13.3. The number of carbonyl (C=O) groups excluding carboxylic acids is 2. The van der Waals surface area contributed by atoms with E-state index in [0.29, 0.717) is 31.5 Å². The van der Waals surface area contributed by atoms with E-state index in [-0.39, 0.29) is 11.8 Å². The van der Waals surface area contributed by atoms with Gasteiger partial charge in [-0.05, 0) is 25.8 Å². The molecule has 0 saturated carbocycles. The number of nitrogens with one attached hydrogen (secondary N) is 2. The molecule has 2 unspecified atom stereocenters. The van der Waals surface area contributed by atoms with Gasteiger partial charge in [0.2, 0.25) is 11.8 Å². The molecule has 0 rings (SSSR count). The van der Waals surface area contributed by atoms with Crippen LogP contribution in [0.5, 0.6) is 0 Å². The first kappa shape index (κ1) is 21.6. The molecular formula is C15H28N2O4. The number of amides is 2. The molecule has 0 spiro atoms. The minimum absolute atomic E-state index is 0.197. The highest BCUT2D eigenvalue weighted by atomic mass is 16.3. The fraction of sp³-hybridized carbons (Fsp3) is 0.600. The number of aliphatic hydroxyl groups excluding tert-OH is 2. The van der Waals surface area contributed by atoms with Gasteiger partial charge in [-0.1, -0.05) is 27.0 Å². The molecule has 0 saturated heterocycles. The highest BCUT2D eigenvalue weighted by Crippen LogP contribution is 1.89. The van der Waals surface area contributed by atoms with Gasteiger partial charge in [0.1, 0.15) is 0 Å². The molecule has 6 nitrogen and oxygen atoms in total. The lowest BCUT2D eigenvalue weighted by molar-refractivity contribution is -0.118. The summed E-state index contributed by atoms with van der Waals surface area (Å²) in [6.07, 6.45) is 1.60. The minimum Gasteiger partial charge on any atom is -0.391 e. The van der Waals surface area contributed by atoms with Crippen molar-refractivity contribution in [2.45, 2.75) is 45.8 Å². The van der Waals surface area contributed by atoms with E-state index in [4.69, 9.17) is 10.2 Å². The summed E-state index contributed by atoms with van der Waals surface area (Å²) in [5.41, 5.74) is 0.466. The van der Waals surface area contributed by atoms with Crippen LogP contribution in [0.15, 0.2) is 24.8 Å². The molecule has 0 aromatic rings. The van der Waals surface area contributed by atoms with Crippen LogP contribution < -0.4 is 10.6 Å². The molecular weight excluding hydrogens is 272 g/mol. The monoisotopic (exact) mass is 300 g/mol. The topological polar surface area (TPSA) is 98.7 Å². The van der Waals surface area contributed by atoms with Crippen LogP contribution in [0.25, 0.3) is 0 Å². The van der Waals surface area contributed by atoms with Crippen molar-refractivity contribution in [3.8, 4) is 0 Å². The fourth-order valence-electron chi connectivity index (χ4n) is 0.941. The predicted molar refractivity (Wildman–Crippen MR) is 83.6 cm³/mol. The second-order valence-corrected chi connectivity index (χ2v) is 4.56. The second-order valence-electron chi connectivity index (χ2n) is 4.56. The zero-order chi connectivity index (χ0) is 16.8. The van der Waals surface area contributed by atoms with Crippen LogP contribution in [0, 0.1) is 0 Å². The van der Waals surface area contributed by atoms with Gasteiger partial charge >= 0.3 is 0 Å². The molecule has 0 heterocycles. The normalized spacial score (nSPS) is 12.2. The Morgan fingerprint density at radius 2 is 1.52 bits per heavy atom. The summed E-state index contributed by atoms with van der Waals surface area (Å²) < 4.78 is 0. The van der Waals surface area contributed by atoms with Crippen molar-refractivity contribution >= 4 is 11.8 Å². The smallest absolute Gasteiger partial charge is 0.246 e. The van der Waals surface area contributed by atoms with Gasteiger partial charge < -0.3 is 20.8 Å². The van der Waals surface area contributed by atoms with E-state index in [1.165, 1.54) is 6.08 Å². The third kappa shape index (κ3) is 14.6. The van der Waals surface area contributed by atoms with Crippen molar-refractivity contribution in [1.82, 2.24) is 10.6 Å². The lowest BCUT2D eigenvalue weighted by atomic mass is 10.2. The van der Waals surface area contributed by atoms with Crippen LogP contribution in [-0.4, -0.2) is 47.3 Å². The first-order valence-electron chi connectivity index (χ1n) is 6.98. The van der Waals surface area contributed by atoms with E-state index in [2.05, 4.69) is 23.8 Å². The van der Waals surface area contributed by atoms with Crippen molar-refractivity contribution in [2.24, 2.45) is 0 Å². The van der Waals surface area contributed by atoms with E-state index in [0.717, 1.165) is 0 Å². The molecule has 2 atom stereocenters. The van der Waals surface area contributed by atoms with Gasteiger partial charge in [-0.3, -0.25) is 9.59 Å². The van der Waals surface area contributed by atoms with Crippen LogP contribution in [-0.2, 0) is 9.59 Å². The predicted octanol–water partition coefficient (Wildman–Crippen LogP) is 0.509. The van der Waals surface area contributed by atoms with E-state index >= 15 is 0 Å². The standard InChI is InChI=1S/C8H15NO2.C7H13NO2/c1-4-7(10)5-9-8(11)6(2)3;1-3-6(9)5-8-7(10)4-2/h7,10H,2,4-5H2,1,3H3,(H,9,11);4,6,9H,2-3,5H2,1H3,(H,8,10). The maximum absolute atomic E-state index is 10.8. The van der Waals surface area contributed by atoms with Crippen LogP contribution in [0.3, 0.4) is 0 Å². The van der Waals surface area contributed by atoms with E-state index in [1.807, 2.05) is 13.8 Å². The summed E-state index contributed by atoms with van der Waals surface area (Å²) >= 11 is 0. The first-order chi connectivity index (χ1) is 9.78.